The summed E-state index contributed by atoms with van der Waals surface area (Å²) in [6.45, 7) is 4.22. The number of nitrogen functional groups attached to an aromatic ring is 1. The molecule has 0 aliphatic carbocycles. The van der Waals surface area contributed by atoms with Crippen molar-refractivity contribution in [2.75, 3.05) is 5.73 Å². The molecular weight excluding hydrogens is 228 g/mol. The topological polar surface area (TPSA) is 61.3 Å². The van der Waals surface area contributed by atoms with Crippen LogP contribution >= 0.6 is 0 Å². The Morgan fingerprint density at radius 2 is 2.11 bits per heavy atom. The molecule has 18 heavy (non-hydrogen) atoms. The predicted molar refractivity (Wildman–Crippen MR) is 69.4 cm³/mol. The molecule has 0 saturated carbocycles. The number of anilines is 1. The van der Waals surface area contributed by atoms with Gasteiger partial charge >= 0.3 is 0 Å². The fourth-order valence-corrected chi connectivity index (χ4v) is 2.23. The van der Waals surface area contributed by atoms with Gasteiger partial charge in [-0.15, -0.1) is 0 Å². The van der Waals surface area contributed by atoms with Gasteiger partial charge in [-0.2, -0.15) is 0 Å². The van der Waals surface area contributed by atoms with Crippen LogP contribution in [-0.2, 0) is 6.42 Å². The SMILES string of the molecule is CC1(C)CCc2ccc(-c3cc(N)on3)cc2O1. The van der Waals surface area contributed by atoms with Crippen LogP contribution in [0.1, 0.15) is 25.8 Å². The van der Waals surface area contributed by atoms with Gasteiger partial charge in [-0.1, -0.05) is 17.3 Å². The standard InChI is InChI=1S/C14H16N2O2/c1-14(2)6-5-9-3-4-10(7-12(9)17-14)11-8-13(15)18-16-11/h3-4,7-8H,5-6,15H2,1-2H3. The van der Waals surface area contributed by atoms with Crippen LogP contribution < -0.4 is 10.5 Å². The Hall–Kier alpha value is -1.97. The van der Waals surface area contributed by atoms with Gasteiger partial charge in [-0.05, 0) is 38.3 Å². The average Bonchev–Trinajstić information content (AvgIpc) is 2.74. The molecule has 0 atom stereocenters. The van der Waals surface area contributed by atoms with Crippen molar-refractivity contribution in [3.63, 3.8) is 0 Å². The van der Waals surface area contributed by atoms with Crippen molar-refractivity contribution >= 4 is 5.88 Å². The van der Waals surface area contributed by atoms with E-state index in [1.165, 1.54) is 5.56 Å². The van der Waals surface area contributed by atoms with Crippen molar-refractivity contribution in [2.45, 2.75) is 32.3 Å². The predicted octanol–water partition coefficient (Wildman–Crippen LogP) is 3.03. The molecule has 1 aromatic heterocycles. The van der Waals surface area contributed by atoms with Crippen molar-refractivity contribution in [3.8, 4) is 17.0 Å². The summed E-state index contributed by atoms with van der Waals surface area (Å²) in [6.07, 6.45) is 2.08. The lowest BCUT2D eigenvalue weighted by atomic mass is 9.93. The van der Waals surface area contributed by atoms with Gasteiger partial charge in [0, 0.05) is 11.6 Å². The largest absolute Gasteiger partial charge is 0.488 e. The first kappa shape index (κ1) is 11.1. The first-order chi connectivity index (χ1) is 8.53. The average molecular weight is 244 g/mol. The molecule has 0 fully saturated rings. The van der Waals surface area contributed by atoms with E-state index in [2.05, 4.69) is 25.1 Å². The second-order valence-corrected chi connectivity index (χ2v) is 5.30. The van der Waals surface area contributed by atoms with Crippen molar-refractivity contribution in [3.05, 3.63) is 29.8 Å². The molecule has 4 nitrogen and oxygen atoms in total. The van der Waals surface area contributed by atoms with E-state index < -0.39 is 0 Å². The molecule has 0 amide bonds. The van der Waals surface area contributed by atoms with Crippen LogP contribution in [0.2, 0.25) is 0 Å². The monoisotopic (exact) mass is 244 g/mol. The minimum atomic E-state index is -0.103. The van der Waals surface area contributed by atoms with Crippen LogP contribution in [0.3, 0.4) is 0 Å². The van der Waals surface area contributed by atoms with E-state index in [1.807, 2.05) is 12.1 Å². The van der Waals surface area contributed by atoms with Gasteiger partial charge in [0.05, 0.1) is 0 Å². The third-order valence-corrected chi connectivity index (χ3v) is 3.27. The molecule has 2 N–H and O–H groups in total. The van der Waals surface area contributed by atoms with Gasteiger partial charge in [0.15, 0.2) is 0 Å². The highest BCUT2D eigenvalue weighted by atomic mass is 16.5. The zero-order valence-corrected chi connectivity index (χ0v) is 10.6. The second kappa shape index (κ2) is 3.77. The van der Waals surface area contributed by atoms with Crippen molar-refractivity contribution in [1.82, 2.24) is 5.16 Å². The summed E-state index contributed by atoms with van der Waals surface area (Å²) in [7, 11) is 0. The third-order valence-electron chi connectivity index (χ3n) is 3.27. The Balaban J connectivity index is 2.00. The minimum Gasteiger partial charge on any atom is -0.488 e. The number of hydrogen-bond donors (Lipinski definition) is 1. The molecule has 1 aliphatic heterocycles. The minimum absolute atomic E-state index is 0.103. The highest BCUT2D eigenvalue weighted by Gasteiger charge is 2.26. The molecule has 0 bridgehead atoms. The maximum Gasteiger partial charge on any atom is 0.222 e. The number of fused-ring (bicyclic) bond motifs is 1. The number of ether oxygens (including phenoxy) is 1. The van der Waals surface area contributed by atoms with Gasteiger partial charge < -0.3 is 15.0 Å². The molecule has 3 rings (SSSR count). The van der Waals surface area contributed by atoms with Crippen LogP contribution in [0.4, 0.5) is 5.88 Å². The molecule has 0 radical (unpaired) electrons. The Kier molecular flexibility index (Phi) is 2.33. The Morgan fingerprint density at radius 1 is 1.28 bits per heavy atom. The van der Waals surface area contributed by atoms with E-state index in [1.54, 1.807) is 6.07 Å². The molecule has 1 aliphatic rings. The summed E-state index contributed by atoms with van der Waals surface area (Å²) in [5.41, 5.74) is 8.38. The van der Waals surface area contributed by atoms with Crippen LogP contribution in [-0.4, -0.2) is 10.8 Å². The number of nitrogens with two attached hydrogens (primary N) is 1. The molecule has 0 unspecified atom stereocenters. The van der Waals surface area contributed by atoms with Gasteiger partial charge in [-0.3, -0.25) is 0 Å². The second-order valence-electron chi connectivity index (χ2n) is 5.30. The lowest BCUT2D eigenvalue weighted by molar-refractivity contribution is 0.0848. The van der Waals surface area contributed by atoms with Crippen molar-refractivity contribution in [2.24, 2.45) is 0 Å². The van der Waals surface area contributed by atoms with E-state index >= 15 is 0 Å². The molecule has 2 heterocycles. The Morgan fingerprint density at radius 3 is 2.83 bits per heavy atom. The van der Waals surface area contributed by atoms with Crippen molar-refractivity contribution < 1.29 is 9.26 Å². The molecular formula is C14H16N2O2. The quantitative estimate of drug-likeness (QED) is 0.837. The normalized spacial score (nSPS) is 17.0. The van der Waals surface area contributed by atoms with Crippen LogP contribution in [0, 0.1) is 0 Å². The molecule has 0 spiro atoms. The highest BCUT2D eigenvalue weighted by molar-refractivity contribution is 5.64. The van der Waals surface area contributed by atoms with Gasteiger partial charge in [0.25, 0.3) is 0 Å². The smallest absolute Gasteiger partial charge is 0.222 e. The summed E-state index contributed by atoms with van der Waals surface area (Å²) >= 11 is 0. The maximum absolute atomic E-state index is 6.00. The molecule has 2 aromatic rings. The van der Waals surface area contributed by atoms with E-state index in [0.717, 1.165) is 29.8 Å². The number of nitrogens with zero attached hydrogens (tertiary/aromatic N) is 1. The zero-order valence-electron chi connectivity index (χ0n) is 10.6. The number of hydrogen-bond acceptors (Lipinski definition) is 4. The fourth-order valence-electron chi connectivity index (χ4n) is 2.23. The summed E-state index contributed by atoms with van der Waals surface area (Å²) in [4.78, 5) is 0. The lowest BCUT2D eigenvalue weighted by Gasteiger charge is -2.32. The zero-order chi connectivity index (χ0) is 12.8. The first-order valence-electron chi connectivity index (χ1n) is 6.08. The third kappa shape index (κ3) is 1.94. The fraction of sp³-hybridized carbons (Fsp3) is 0.357. The molecule has 4 heteroatoms. The Labute approximate surface area is 106 Å². The van der Waals surface area contributed by atoms with E-state index in [4.69, 9.17) is 15.0 Å². The van der Waals surface area contributed by atoms with E-state index in [-0.39, 0.29) is 5.60 Å². The van der Waals surface area contributed by atoms with Gasteiger partial charge in [-0.25, -0.2) is 0 Å². The van der Waals surface area contributed by atoms with E-state index in [0.29, 0.717) is 5.88 Å². The number of aryl methyl sites for hydroxylation is 1. The number of aromatic nitrogens is 1. The van der Waals surface area contributed by atoms with Crippen molar-refractivity contribution in [1.29, 1.82) is 0 Å². The van der Waals surface area contributed by atoms with Crippen LogP contribution in [0.5, 0.6) is 5.75 Å². The highest BCUT2D eigenvalue weighted by Crippen LogP contribution is 2.35. The molecule has 1 aromatic carbocycles. The summed E-state index contributed by atoms with van der Waals surface area (Å²) in [5, 5.41) is 3.92. The summed E-state index contributed by atoms with van der Waals surface area (Å²) in [6, 6.07) is 7.84. The lowest BCUT2D eigenvalue weighted by Crippen LogP contribution is -2.32. The van der Waals surface area contributed by atoms with Crippen LogP contribution in [0.15, 0.2) is 28.8 Å². The molecule has 94 valence electrons. The molecule has 0 saturated heterocycles. The Bertz CT molecular complexity index is 587. The number of rotatable bonds is 1. The maximum atomic E-state index is 6.00. The van der Waals surface area contributed by atoms with Gasteiger partial charge in [0.2, 0.25) is 5.88 Å². The van der Waals surface area contributed by atoms with E-state index in [9.17, 15) is 0 Å². The number of benzene rings is 1. The van der Waals surface area contributed by atoms with Gasteiger partial charge in [0.1, 0.15) is 17.0 Å². The summed E-state index contributed by atoms with van der Waals surface area (Å²) in [5.74, 6) is 1.26. The first-order valence-corrected chi connectivity index (χ1v) is 6.08. The van der Waals surface area contributed by atoms with Crippen LogP contribution in [0.25, 0.3) is 11.3 Å². The summed E-state index contributed by atoms with van der Waals surface area (Å²) < 4.78 is 10.9.